The van der Waals surface area contributed by atoms with E-state index in [4.69, 9.17) is 4.74 Å². The maximum Gasteiger partial charge on any atom is 0.449 e. The van der Waals surface area contributed by atoms with Gasteiger partial charge in [-0.15, -0.1) is 0 Å². The first-order valence-corrected chi connectivity index (χ1v) is 7.21. The Balaban J connectivity index is 1.95. The van der Waals surface area contributed by atoms with Gasteiger partial charge in [-0.3, -0.25) is 9.36 Å². The molecule has 2 heterocycles. The fourth-order valence-electron chi connectivity index (χ4n) is 2.43. The molecule has 0 saturated carbocycles. The largest absolute Gasteiger partial charge is 0.492 e. The van der Waals surface area contributed by atoms with Crippen LogP contribution in [0.15, 0.2) is 41.2 Å². The van der Waals surface area contributed by atoms with E-state index in [2.05, 4.69) is 9.97 Å². The molecule has 2 aromatic heterocycles. The lowest BCUT2D eigenvalue weighted by molar-refractivity contribution is -0.148. The zero-order valence-electron chi connectivity index (χ0n) is 12.7. The maximum absolute atomic E-state index is 13.2. The number of benzene rings is 1. The molecule has 0 aliphatic heterocycles. The minimum absolute atomic E-state index is 0.0648. The molecule has 5 nitrogen and oxygen atoms in total. The molecule has 1 aromatic carbocycles. The minimum Gasteiger partial charge on any atom is -0.492 e. The van der Waals surface area contributed by atoms with E-state index in [-0.39, 0.29) is 24.2 Å². The molecule has 0 aliphatic rings. The van der Waals surface area contributed by atoms with Crippen LogP contribution in [-0.2, 0) is 12.7 Å². The Labute approximate surface area is 134 Å². The van der Waals surface area contributed by atoms with Crippen LogP contribution >= 0.6 is 0 Å². The summed E-state index contributed by atoms with van der Waals surface area (Å²) in [4.78, 5) is 18.6. The molecule has 0 spiro atoms. The summed E-state index contributed by atoms with van der Waals surface area (Å²) < 4.78 is 45.7. The Hall–Kier alpha value is -2.77. The fourth-order valence-corrected chi connectivity index (χ4v) is 2.43. The van der Waals surface area contributed by atoms with Crippen LogP contribution in [0.2, 0.25) is 0 Å². The van der Waals surface area contributed by atoms with Crippen LogP contribution in [0.3, 0.4) is 0 Å². The highest BCUT2D eigenvalue weighted by Gasteiger charge is 2.37. The summed E-state index contributed by atoms with van der Waals surface area (Å²) in [5.74, 6) is -0.718. The molecule has 126 valence electrons. The quantitative estimate of drug-likeness (QED) is 0.796. The van der Waals surface area contributed by atoms with Gasteiger partial charge in [-0.1, -0.05) is 18.2 Å². The summed E-state index contributed by atoms with van der Waals surface area (Å²) >= 11 is 0. The van der Waals surface area contributed by atoms with E-state index >= 15 is 0 Å². The van der Waals surface area contributed by atoms with Crippen molar-refractivity contribution in [2.75, 3.05) is 6.61 Å². The SMILES string of the molecule is Cc1cc2c(=O)n(CCOc3ccccc3)c(C(F)(F)F)nc2[nH]1. The van der Waals surface area contributed by atoms with Gasteiger partial charge in [0.1, 0.15) is 18.0 Å². The van der Waals surface area contributed by atoms with Crippen molar-refractivity contribution < 1.29 is 17.9 Å². The molecule has 0 fully saturated rings. The second-order valence-electron chi connectivity index (χ2n) is 5.27. The number of fused-ring (bicyclic) bond motifs is 1. The van der Waals surface area contributed by atoms with Gasteiger partial charge in [0.15, 0.2) is 0 Å². The van der Waals surface area contributed by atoms with Gasteiger partial charge in [0.2, 0.25) is 5.82 Å². The van der Waals surface area contributed by atoms with Crippen molar-refractivity contribution in [2.24, 2.45) is 0 Å². The lowest BCUT2D eigenvalue weighted by Crippen LogP contribution is -2.31. The van der Waals surface area contributed by atoms with Crippen LogP contribution in [0.25, 0.3) is 11.0 Å². The van der Waals surface area contributed by atoms with Crippen LogP contribution in [0.4, 0.5) is 13.2 Å². The maximum atomic E-state index is 13.2. The predicted octanol–water partition coefficient (Wildman–Crippen LogP) is 3.13. The van der Waals surface area contributed by atoms with Crippen molar-refractivity contribution in [1.82, 2.24) is 14.5 Å². The van der Waals surface area contributed by atoms with E-state index in [1.165, 1.54) is 6.07 Å². The number of hydrogen-bond donors (Lipinski definition) is 1. The van der Waals surface area contributed by atoms with Crippen molar-refractivity contribution in [2.45, 2.75) is 19.6 Å². The smallest absolute Gasteiger partial charge is 0.449 e. The molecule has 3 aromatic rings. The molecule has 0 atom stereocenters. The van der Waals surface area contributed by atoms with Gasteiger partial charge in [-0.05, 0) is 25.1 Å². The number of rotatable bonds is 4. The third kappa shape index (κ3) is 3.12. The monoisotopic (exact) mass is 337 g/mol. The Kier molecular flexibility index (Phi) is 4.04. The molecule has 24 heavy (non-hydrogen) atoms. The molecule has 0 aliphatic carbocycles. The average Bonchev–Trinajstić information content (AvgIpc) is 2.90. The molecule has 0 bridgehead atoms. The Morgan fingerprint density at radius 3 is 2.62 bits per heavy atom. The average molecular weight is 337 g/mol. The normalized spacial score (nSPS) is 11.8. The number of halogens is 3. The van der Waals surface area contributed by atoms with Gasteiger partial charge < -0.3 is 9.72 Å². The number of ether oxygens (including phenoxy) is 1. The second kappa shape index (κ2) is 6.03. The van der Waals surface area contributed by atoms with Crippen LogP contribution in [0.1, 0.15) is 11.5 Å². The third-order valence-corrected chi connectivity index (χ3v) is 3.46. The number of H-pyrrole nitrogens is 1. The summed E-state index contributed by atoms with van der Waals surface area (Å²) in [7, 11) is 0. The highest BCUT2D eigenvalue weighted by molar-refractivity contribution is 5.75. The number of aromatic amines is 1. The van der Waals surface area contributed by atoms with E-state index < -0.39 is 17.6 Å². The van der Waals surface area contributed by atoms with Crippen molar-refractivity contribution in [3.8, 4) is 5.75 Å². The van der Waals surface area contributed by atoms with Crippen LogP contribution in [-0.4, -0.2) is 21.1 Å². The summed E-state index contributed by atoms with van der Waals surface area (Å²) in [6.45, 7) is 1.32. The number of nitrogens with one attached hydrogen (secondary N) is 1. The highest BCUT2D eigenvalue weighted by atomic mass is 19.4. The number of aromatic nitrogens is 3. The van der Waals surface area contributed by atoms with Gasteiger partial charge >= 0.3 is 6.18 Å². The molecular weight excluding hydrogens is 323 g/mol. The fraction of sp³-hybridized carbons (Fsp3) is 0.250. The van der Waals surface area contributed by atoms with Gasteiger partial charge in [0.25, 0.3) is 5.56 Å². The summed E-state index contributed by atoms with van der Waals surface area (Å²) in [6, 6.07) is 10.1. The van der Waals surface area contributed by atoms with E-state index in [0.29, 0.717) is 16.0 Å². The zero-order chi connectivity index (χ0) is 17.3. The van der Waals surface area contributed by atoms with E-state index in [1.54, 1.807) is 37.3 Å². The van der Waals surface area contributed by atoms with Gasteiger partial charge in [-0.2, -0.15) is 13.2 Å². The van der Waals surface area contributed by atoms with E-state index in [9.17, 15) is 18.0 Å². The number of alkyl halides is 3. The van der Waals surface area contributed by atoms with E-state index in [0.717, 1.165) is 0 Å². The molecule has 0 radical (unpaired) electrons. The number of para-hydroxylation sites is 1. The Morgan fingerprint density at radius 2 is 1.96 bits per heavy atom. The molecule has 8 heteroatoms. The van der Waals surface area contributed by atoms with Crippen LogP contribution < -0.4 is 10.3 Å². The molecule has 0 unspecified atom stereocenters. The third-order valence-electron chi connectivity index (χ3n) is 3.46. The lowest BCUT2D eigenvalue weighted by Gasteiger charge is -2.14. The van der Waals surface area contributed by atoms with Crippen molar-refractivity contribution in [3.05, 3.63) is 58.3 Å². The lowest BCUT2D eigenvalue weighted by atomic mass is 10.3. The van der Waals surface area contributed by atoms with Gasteiger partial charge in [0.05, 0.1) is 11.9 Å². The topological polar surface area (TPSA) is 59.9 Å². The first kappa shape index (κ1) is 16.1. The summed E-state index contributed by atoms with van der Waals surface area (Å²) in [5.41, 5.74) is -0.237. The van der Waals surface area contributed by atoms with Crippen molar-refractivity contribution in [3.63, 3.8) is 0 Å². The summed E-state index contributed by atoms with van der Waals surface area (Å²) in [6.07, 6.45) is -4.74. The second-order valence-corrected chi connectivity index (χ2v) is 5.27. The van der Waals surface area contributed by atoms with Crippen molar-refractivity contribution >= 4 is 11.0 Å². The minimum atomic E-state index is -4.74. The number of hydrogen-bond acceptors (Lipinski definition) is 3. The molecule has 3 rings (SSSR count). The van der Waals surface area contributed by atoms with Crippen LogP contribution in [0.5, 0.6) is 5.75 Å². The Morgan fingerprint density at radius 1 is 1.25 bits per heavy atom. The number of aryl methyl sites for hydroxylation is 1. The van der Waals surface area contributed by atoms with Crippen LogP contribution in [0, 0.1) is 6.92 Å². The molecular formula is C16H14F3N3O2. The zero-order valence-corrected chi connectivity index (χ0v) is 12.7. The standard InChI is InChI=1S/C16H14F3N3O2/c1-10-9-12-13(20-10)21-15(16(17,18)19)22(14(12)23)7-8-24-11-5-3-2-4-6-11/h2-6,9,20H,7-8H2,1H3. The summed E-state index contributed by atoms with van der Waals surface area (Å²) in [5, 5.41) is 0.125. The molecule has 0 saturated heterocycles. The Bertz CT molecular complexity index is 914. The predicted molar refractivity (Wildman–Crippen MR) is 82.0 cm³/mol. The molecule has 0 amide bonds. The van der Waals surface area contributed by atoms with E-state index in [1.807, 2.05) is 0 Å². The van der Waals surface area contributed by atoms with Crippen molar-refractivity contribution in [1.29, 1.82) is 0 Å². The highest BCUT2D eigenvalue weighted by Crippen LogP contribution is 2.28. The van der Waals surface area contributed by atoms with Gasteiger partial charge in [-0.25, -0.2) is 4.98 Å². The molecule has 1 N–H and O–H groups in total. The van der Waals surface area contributed by atoms with Gasteiger partial charge in [0, 0.05) is 5.69 Å². The first-order chi connectivity index (χ1) is 11.4. The number of nitrogens with zero attached hydrogens (tertiary/aromatic N) is 2. The first-order valence-electron chi connectivity index (χ1n) is 7.21.